The molecule has 1 unspecified atom stereocenters. The zero-order valence-electron chi connectivity index (χ0n) is 17.9. The summed E-state index contributed by atoms with van der Waals surface area (Å²) in [6.45, 7) is 12.5. The summed E-state index contributed by atoms with van der Waals surface area (Å²) in [5.74, 6) is 1.03. The molecule has 1 N–H and O–H groups in total. The molecule has 1 atom stereocenters. The molecule has 1 fully saturated rings. The number of nitrogens with one attached hydrogen (secondary N) is 1. The second kappa shape index (κ2) is 9.90. The van der Waals surface area contributed by atoms with Crippen molar-refractivity contribution in [2.24, 2.45) is 0 Å². The van der Waals surface area contributed by atoms with Gasteiger partial charge in [0.2, 0.25) is 0 Å². The van der Waals surface area contributed by atoms with Gasteiger partial charge in [-0.1, -0.05) is 32.0 Å². The minimum absolute atomic E-state index is 0.154. The third-order valence-electron chi connectivity index (χ3n) is 5.25. The quantitative estimate of drug-likeness (QED) is 0.756. The summed E-state index contributed by atoms with van der Waals surface area (Å²) in [5, 5.41) is 2.98. The average Bonchev–Trinajstić information content (AvgIpc) is 2.68. The summed E-state index contributed by atoms with van der Waals surface area (Å²) in [6, 6.07) is 14.0. The Morgan fingerprint density at radius 2 is 1.90 bits per heavy atom. The Bertz CT molecular complexity index is 829. The van der Waals surface area contributed by atoms with E-state index in [9.17, 15) is 4.79 Å². The van der Waals surface area contributed by atoms with Crippen molar-refractivity contribution >= 4 is 11.6 Å². The van der Waals surface area contributed by atoms with Crippen LogP contribution in [0.2, 0.25) is 0 Å². The van der Waals surface area contributed by atoms with E-state index in [-0.39, 0.29) is 5.91 Å². The highest BCUT2D eigenvalue weighted by Crippen LogP contribution is 2.24. The van der Waals surface area contributed by atoms with E-state index in [1.165, 1.54) is 16.7 Å². The van der Waals surface area contributed by atoms with E-state index in [4.69, 9.17) is 9.47 Å². The van der Waals surface area contributed by atoms with Crippen molar-refractivity contribution in [2.45, 2.75) is 46.3 Å². The van der Waals surface area contributed by atoms with Gasteiger partial charge in [0, 0.05) is 25.3 Å². The van der Waals surface area contributed by atoms with Gasteiger partial charge >= 0.3 is 0 Å². The highest BCUT2D eigenvalue weighted by Gasteiger charge is 2.16. The van der Waals surface area contributed by atoms with Gasteiger partial charge in [-0.25, -0.2) is 0 Å². The standard InChI is InChI=1S/C24H32N2O3/c1-17(2)23-9-8-22(14-18(23)3)29-19(4)24(27)25-21-7-5-6-20(15-21)16-26-10-12-28-13-11-26/h5-9,14-15,17,19H,10-13,16H2,1-4H3,(H,25,27). The molecule has 5 heteroatoms. The lowest BCUT2D eigenvalue weighted by molar-refractivity contribution is -0.122. The van der Waals surface area contributed by atoms with Crippen LogP contribution in [-0.4, -0.2) is 43.2 Å². The van der Waals surface area contributed by atoms with Gasteiger partial charge in [-0.05, 0) is 60.7 Å². The Kier molecular flexibility index (Phi) is 7.29. The van der Waals surface area contributed by atoms with Crippen LogP contribution in [0.3, 0.4) is 0 Å². The Hall–Kier alpha value is -2.37. The molecule has 1 amide bonds. The highest BCUT2D eigenvalue weighted by molar-refractivity contribution is 5.94. The van der Waals surface area contributed by atoms with Crippen molar-refractivity contribution in [3.63, 3.8) is 0 Å². The number of aryl methyl sites for hydroxylation is 1. The van der Waals surface area contributed by atoms with Crippen LogP contribution in [0.5, 0.6) is 5.75 Å². The van der Waals surface area contributed by atoms with E-state index in [0.717, 1.165) is 44.3 Å². The molecule has 156 valence electrons. The van der Waals surface area contributed by atoms with Crippen LogP contribution in [0.4, 0.5) is 5.69 Å². The van der Waals surface area contributed by atoms with Gasteiger partial charge in [-0.15, -0.1) is 0 Å². The molecular weight excluding hydrogens is 364 g/mol. The van der Waals surface area contributed by atoms with E-state index >= 15 is 0 Å². The summed E-state index contributed by atoms with van der Waals surface area (Å²) in [7, 11) is 0. The minimum atomic E-state index is -0.581. The van der Waals surface area contributed by atoms with E-state index in [1.807, 2.05) is 30.3 Å². The molecule has 2 aromatic rings. The topological polar surface area (TPSA) is 50.8 Å². The summed E-state index contributed by atoms with van der Waals surface area (Å²) in [6.07, 6.45) is -0.581. The van der Waals surface area contributed by atoms with Crippen molar-refractivity contribution in [1.82, 2.24) is 4.90 Å². The normalized spacial score (nSPS) is 15.9. The lowest BCUT2D eigenvalue weighted by atomic mass is 9.98. The monoisotopic (exact) mass is 396 g/mol. The number of carbonyl (C=O) groups excluding carboxylic acids is 1. The number of hydrogen-bond donors (Lipinski definition) is 1. The predicted octanol–water partition coefficient (Wildman–Crippen LogP) is 4.36. The zero-order valence-corrected chi connectivity index (χ0v) is 17.9. The lowest BCUT2D eigenvalue weighted by Gasteiger charge is -2.26. The number of carbonyl (C=O) groups is 1. The molecule has 1 aliphatic rings. The first-order chi connectivity index (χ1) is 13.9. The average molecular weight is 397 g/mol. The van der Waals surface area contributed by atoms with Crippen LogP contribution in [0.25, 0.3) is 0 Å². The second-order valence-corrected chi connectivity index (χ2v) is 8.01. The number of ether oxygens (including phenoxy) is 2. The summed E-state index contributed by atoms with van der Waals surface area (Å²) < 4.78 is 11.3. The molecule has 29 heavy (non-hydrogen) atoms. The highest BCUT2D eigenvalue weighted by atomic mass is 16.5. The van der Waals surface area contributed by atoms with Gasteiger partial charge in [-0.2, -0.15) is 0 Å². The molecule has 3 rings (SSSR count). The number of amides is 1. The maximum atomic E-state index is 12.6. The SMILES string of the molecule is Cc1cc(OC(C)C(=O)Nc2cccc(CN3CCOCC3)c2)ccc1C(C)C. The Morgan fingerprint density at radius 1 is 1.14 bits per heavy atom. The van der Waals surface area contributed by atoms with Gasteiger partial charge < -0.3 is 14.8 Å². The van der Waals surface area contributed by atoms with Crippen molar-refractivity contribution in [3.8, 4) is 5.75 Å². The van der Waals surface area contributed by atoms with Gasteiger partial charge in [0.25, 0.3) is 5.91 Å². The van der Waals surface area contributed by atoms with Gasteiger partial charge in [0.1, 0.15) is 5.75 Å². The molecule has 0 radical (unpaired) electrons. The molecule has 0 aliphatic carbocycles. The minimum Gasteiger partial charge on any atom is -0.481 e. The summed E-state index contributed by atoms with van der Waals surface area (Å²) in [5.41, 5.74) is 4.45. The molecule has 5 nitrogen and oxygen atoms in total. The lowest BCUT2D eigenvalue weighted by Crippen LogP contribution is -2.35. The van der Waals surface area contributed by atoms with Crippen LogP contribution in [0, 0.1) is 6.92 Å². The number of nitrogens with zero attached hydrogens (tertiary/aromatic N) is 1. The fourth-order valence-electron chi connectivity index (χ4n) is 3.64. The predicted molar refractivity (Wildman–Crippen MR) is 117 cm³/mol. The molecule has 2 aromatic carbocycles. The fraction of sp³-hybridized carbons (Fsp3) is 0.458. The van der Waals surface area contributed by atoms with E-state index in [1.54, 1.807) is 6.92 Å². The molecular formula is C24H32N2O3. The molecule has 1 saturated heterocycles. The van der Waals surface area contributed by atoms with Crippen molar-refractivity contribution in [2.75, 3.05) is 31.6 Å². The Labute approximate surface area is 174 Å². The van der Waals surface area contributed by atoms with Crippen molar-refractivity contribution < 1.29 is 14.3 Å². The molecule has 1 heterocycles. The van der Waals surface area contributed by atoms with Crippen molar-refractivity contribution in [1.29, 1.82) is 0 Å². The third kappa shape index (κ3) is 6.05. The molecule has 0 saturated carbocycles. The smallest absolute Gasteiger partial charge is 0.265 e. The Morgan fingerprint density at radius 3 is 2.59 bits per heavy atom. The maximum absolute atomic E-state index is 12.6. The number of anilines is 1. The van der Waals surface area contributed by atoms with Crippen LogP contribution in [-0.2, 0) is 16.1 Å². The molecule has 0 spiro atoms. The molecule has 1 aliphatic heterocycles. The third-order valence-corrected chi connectivity index (χ3v) is 5.25. The maximum Gasteiger partial charge on any atom is 0.265 e. The van der Waals surface area contributed by atoms with E-state index < -0.39 is 6.10 Å². The Balaban J connectivity index is 1.58. The molecule has 0 bridgehead atoms. The first-order valence-electron chi connectivity index (χ1n) is 10.4. The first kappa shape index (κ1) is 21.3. The molecule has 0 aromatic heterocycles. The van der Waals surface area contributed by atoms with E-state index in [0.29, 0.717) is 5.92 Å². The van der Waals surface area contributed by atoms with E-state index in [2.05, 4.69) is 43.1 Å². The zero-order chi connectivity index (χ0) is 20.8. The number of rotatable bonds is 7. The largest absolute Gasteiger partial charge is 0.481 e. The van der Waals surface area contributed by atoms with Crippen LogP contribution >= 0.6 is 0 Å². The summed E-state index contributed by atoms with van der Waals surface area (Å²) in [4.78, 5) is 15.0. The van der Waals surface area contributed by atoms with Gasteiger partial charge in [0.05, 0.1) is 13.2 Å². The van der Waals surface area contributed by atoms with Crippen LogP contribution in [0.1, 0.15) is 43.4 Å². The van der Waals surface area contributed by atoms with Crippen LogP contribution in [0.15, 0.2) is 42.5 Å². The van der Waals surface area contributed by atoms with Crippen molar-refractivity contribution in [3.05, 3.63) is 59.2 Å². The number of morpholine rings is 1. The number of benzene rings is 2. The van der Waals surface area contributed by atoms with Crippen LogP contribution < -0.4 is 10.1 Å². The van der Waals surface area contributed by atoms with Gasteiger partial charge in [-0.3, -0.25) is 9.69 Å². The summed E-state index contributed by atoms with van der Waals surface area (Å²) >= 11 is 0. The number of hydrogen-bond acceptors (Lipinski definition) is 4. The fourth-order valence-corrected chi connectivity index (χ4v) is 3.64. The first-order valence-corrected chi connectivity index (χ1v) is 10.4. The second-order valence-electron chi connectivity index (χ2n) is 8.01. The van der Waals surface area contributed by atoms with Gasteiger partial charge in [0.15, 0.2) is 6.10 Å².